The SMILES string of the molecule is Nc1ccc(OC2=CCCC=C2)nc1Br. The highest BCUT2D eigenvalue weighted by Crippen LogP contribution is 2.22. The summed E-state index contributed by atoms with van der Waals surface area (Å²) >= 11 is 3.26. The third-order valence-corrected chi connectivity index (χ3v) is 2.67. The van der Waals surface area contributed by atoms with Gasteiger partial charge in [-0.3, -0.25) is 0 Å². The lowest BCUT2D eigenvalue weighted by Crippen LogP contribution is -1.98. The number of ether oxygens (including phenoxy) is 1. The molecule has 0 spiro atoms. The van der Waals surface area contributed by atoms with Crippen molar-refractivity contribution in [2.24, 2.45) is 0 Å². The zero-order valence-corrected chi connectivity index (χ0v) is 9.70. The molecule has 0 aromatic carbocycles. The summed E-state index contributed by atoms with van der Waals surface area (Å²) < 4.78 is 6.18. The van der Waals surface area contributed by atoms with E-state index >= 15 is 0 Å². The molecule has 0 fully saturated rings. The van der Waals surface area contributed by atoms with E-state index in [1.54, 1.807) is 12.1 Å². The van der Waals surface area contributed by atoms with Crippen LogP contribution < -0.4 is 10.5 Å². The van der Waals surface area contributed by atoms with Gasteiger partial charge in [0.05, 0.1) is 5.69 Å². The standard InChI is InChI=1S/C11H11BrN2O/c12-11-9(13)6-7-10(14-11)15-8-4-2-1-3-5-8/h2,4-7H,1,3,13H2. The Morgan fingerprint density at radius 3 is 2.87 bits per heavy atom. The van der Waals surface area contributed by atoms with Crippen molar-refractivity contribution in [1.82, 2.24) is 4.98 Å². The predicted molar refractivity (Wildman–Crippen MR) is 63.4 cm³/mol. The van der Waals surface area contributed by atoms with E-state index in [0.717, 1.165) is 18.6 Å². The van der Waals surface area contributed by atoms with Crippen LogP contribution in [-0.4, -0.2) is 4.98 Å². The fourth-order valence-corrected chi connectivity index (χ4v) is 1.58. The number of nitrogens with zero attached hydrogens (tertiary/aromatic N) is 1. The van der Waals surface area contributed by atoms with E-state index in [2.05, 4.69) is 27.0 Å². The fourth-order valence-electron chi connectivity index (χ4n) is 1.27. The minimum atomic E-state index is 0.550. The molecule has 0 atom stereocenters. The molecular formula is C11H11BrN2O. The average Bonchev–Trinajstić information content (AvgIpc) is 2.25. The van der Waals surface area contributed by atoms with Gasteiger partial charge in [-0.05, 0) is 47.0 Å². The molecule has 78 valence electrons. The van der Waals surface area contributed by atoms with E-state index in [9.17, 15) is 0 Å². The topological polar surface area (TPSA) is 48.1 Å². The highest BCUT2D eigenvalue weighted by Gasteiger charge is 2.04. The molecule has 0 aliphatic heterocycles. The molecule has 0 radical (unpaired) electrons. The Kier molecular flexibility index (Phi) is 3.06. The number of rotatable bonds is 2. The maximum Gasteiger partial charge on any atom is 0.220 e. The summed E-state index contributed by atoms with van der Waals surface area (Å²) in [4.78, 5) is 4.16. The van der Waals surface area contributed by atoms with Crippen LogP contribution in [0.4, 0.5) is 5.69 Å². The molecule has 1 aliphatic carbocycles. The van der Waals surface area contributed by atoms with Crippen molar-refractivity contribution in [1.29, 1.82) is 0 Å². The maximum absolute atomic E-state index is 5.63. The lowest BCUT2D eigenvalue weighted by molar-refractivity contribution is 0.421. The van der Waals surface area contributed by atoms with Gasteiger partial charge in [-0.25, -0.2) is 4.98 Å². The van der Waals surface area contributed by atoms with Crippen LogP contribution in [0, 0.1) is 0 Å². The summed E-state index contributed by atoms with van der Waals surface area (Å²) in [5.41, 5.74) is 6.24. The smallest absolute Gasteiger partial charge is 0.220 e. The van der Waals surface area contributed by atoms with E-state index < -0.39 is 0 Å². The van der Waals surface area contributed by atoms with Crippen molar-refractivity contribution in [2.45, 2.75) is 12.8 Å². The normalized spacial score (nSPS) is 14.9. The minimum Gasteiger partial charge on any atom is -0.439 e. The summed E-state index contributed by atoms with van der Waals surface area (Å²) in [6, 6.07) is 3.52. The molecule has 0 saturated carbocycles. The molecule has 1 aliphatic rings. The van der Waals surface area contributed by atoms with Crippen LogP contribution in [0.15, 0.2) is 40.7 Å². The molecule has 0 saturated heterocycles. The molecule has 15 heavy (non-hydrogen) atoms. The van der Waals surface area contributed by atoms with Gasteiger partial charge in [0.2, 0.25) is 5.88 Å². The van der Waals surface area contributed by atoms with E-state index in [1.807, 2.05) is 12.2 Å². The molecule has 1 heterocycles. The highest BCUT2D eigenvalue weighted by atomic mass is 79.9. The zero-order valence-electron chi connectivity index (χ0n) is 8.11. The van der Waals surface area contributed by atoms with Crippen molar-refractivity contribution < 1.29 is 4.74 Å². The first-order valence-corrected chi connectivity index (χ1v) is 5.51. The predicted octanol–water partition coefficient (Wildman–Crippen LogP) is 3.04. The van der Waals surface area contributed by atoms with Crippen LogP contribution in [0.1, 0.15) is 12.8 Å². The van der Waals surface area contributed by atoms with Crippen LogP contribution >= 0.6 is 15.9 Å². The molecule has 4 heteroatoms. The van der Waals surface area contributed by atoms with Crippen molar-refractivity contribution in [2.75, 3.05) is 5.73 Å². The number of hydrogen-bond donors (Lipinski definition) is 1. The van der Waals surface area contributed by atoms with Crippen molar-refractivity contribution in [3.05, 3.63) is 40.7 Å². The molecule has 1 aromatic rings. The Labute approximate surface area is 96.8 Å². The van der Waals surface area contributed by atoms with Crippen LogP contribution in [0.25, 0.3) is 0 Å². The summed E-state index contributed by atoms with van der Waals surface area (Å²) in [6.45, 7) is 0. The second-order valence-electron chi connectivity index (χ2n) is 3.22. The van der Waals surface area contributed by atoms with E-state index in [4.69, 9.17) is 10.5 Å². The molecule has 3 nitrogen and oxygen atoms in total. The summed E-state index contributed by atoms with van der Waals surface area (Å²) in [5.74, 6) is 1.39. The Morgan fingerprint density at radius 2 is 2.20 bits per heavy atom. The second-order valence-corrected chi connectivity index (χ2v) is 3.97. The number of allylic oxidation sites excluding steroid dienone is 3. The number of nitrogen functional groups attached to an aromatic ring is 1. The van der Waals surface area contributed by atoms with Gasteiger partial charge >= 0.3 is 0 Å². The minimum absolute atomic E-state index is 0.550. The molecule has 0 unspecified atom stereocenters. The van der Waals surface area contributed by atoms with Gasteiger partial charge < -0.3 is 10.5 Å². The second kappa shape index (κ2) is 4.49. The number of hydrogen-bond acceptors (Lipinski definition) is 3. The lowest BCUT2D eigenvalue weighted by atomic mass is 10.2. The van der Waals surface area contributed by atoms with Gasteiger partial charge in [-0.1, -0.05) is 6.08 Å². The molecule has 2 rings (SSSR count). The van der Waals surface area contributed by atoms with Gasteiger partial charge in [0.1, 0.15) is 10.4 Å². The van der Waals surface area contributed by atoms with E-state index in [0.29, 0.717) is 16.2 Å². The molecule has 2 N–H and O–H groups in total. The number of anilines is 1. The average molecular weight is 267 g/mol. The summed E-state index contributed by atoms with van der Waals surface area (Å²) in [6.07, 6.45) is 8.18. The zero-order chi connectivity index (χ0) is 10.7. The molecule has 0 bridgehead atoms. The van der Waals surface area contributed by atoms with Gasteiger partial charge in [0, 0.05) is 6.07 Å². The summed E-state index contributed by atoms with van der Waals surface area (Å²) in [5, 5.41) is 0. The Balaban J connectivity index is 2.14. The van der Waals surface area contributed by atoms with Crippen molar-refractivity contribution >= 4 is 21.6 Å². The first-order valence-electron chi connectivity index (χ1n) is 4.72. The van der Waals surface area contributed by atoms with Gasteiger partial charge in [-0.2, -0.15) is 0 Å². The van der Waals surface area contributed by atoms with Crippen LogP contribution in [0.2, 0.25) is 0 Å². The number of pyridine rings is 1. The Hall–Kier alpha value is -1.29. The van der Waals surface area contributed by atoms with Gasteiger partial charge in [-0.15, -0.1) is 0 Å². The number of halogens is 1. The molecular weight excluding hydrogens is 256 g/mol. The van der Waals surface area contributed by atoms with Crippen LogP contribution in [0.3, 0.4) is 0 Å². The Morgan fingerprint density at radius 1 is 1.33 bits per heavy atom. The first kappa shape index (κ1) is 10.2. The van der Waals surface area contributed by atoms with Crippen molar-refractivity contribution in [3.8, 4) is 5.88 Å². The number of aromatic nitrogens is 1. The first-order chi connectivity index (χ1) is 7.25. The van der Waals surface area contributed by atoms with E-state index in [-0.39, 0.29) is 0 Å². The lowest BCUT2D eigenvalue weighted by Gasteiger charge is -2.09. The summed E-state index contributed by atoms with van der Waals surface area (Å²) in [7, 11) is 0. The van der Waals surface area contributed by atoms with E-state index in [1.165, 1.54) is 0 Å². The van der Waals surface area contributed by atoms with Crippen molar-refractivity contribution in [3.63, 3.8) is 0 Å². The third-order valence-electron chi connectivity index (χ3n) is 2.04. The third kappa shape index (κ3) is 2.59. The highest BCUT2D eigenvalue weighted by molar-refractivity contribution is 9.10. The molecule has 1 aromatic heterocycles. The maximum atomic E-state index is 5.63. The monoisotopic (exact) mass is 266 g/mol. The quantitative estimate of drug-likeness (QED) is 0.838. The largest absolute Gasteiger partial charge is 0.439 e. The fraction of sp³-hybridized carbons (Fsp3) is 0.182. The van der Waals surface area contributed by atoms with Gasteiger partial charge in [0.25, 0.3) is 0 Å². The number of nitrogens with two attached hydrogens (primary N) is 1. The van der Waals surface area contributed by atoms with Gasteiger partial charge in [0.15, 0.2) is 0 Å². The molecule has 0 amide bonds. The van der Waals surface area contributed by atoms with Crippen LogP contribution in [-0.2, 0) is 0 Å². The Bertz CT molecular complexity index is 427. The van der Waals surface area contributed by atoms with Crippen LogP contribution in [0.5, 0.6) is 5.88 Å².